The maximum atomic E-state index is 13.7. The molecule has 0 aromatic heterocycles. The average molecular weight is 242 g/mol. The highest BCUT2D eigenvalue weighted by Gasteiger charge is 2.18. The fourth-order valence-electron chi connectivity index (χ4n) is 2.02. The predicted molar refractivity (Wildman–Crippen MR) is 68.3 cm³/mol. The van der Waals surface area contributed by atoms with Crippen molar-refractivity contribution in [2.24, 2.45) is 5.73 Å². The van der Waals surface area contributed by atoms with Crippen LogP contribution < -0.4 is 5.73 Å². The lowest BCUT2D eigenvalue weighted by molar-refractivity contribution is 0.548. The number of hydrogen-bond acceptors (Lipinski definition) is 2. The largest absolute Gasteiger partial charge is 0.326 e. The molecular formula is C15H13FNO. The first-order valence-corrected chi connectivity index (χ1v) is 5.68. The molecule has 0 aliphatic carbocycles. The van der Waals surface area contributed by atoms with Crippen LogP contribution in [0.3, 0.4) is 0 Å². The zero-order valence-corrected chi connectivity index (χ0v) is 9.77. The molecule has 1 unspecified atom stereocenters. The van der Waals surface area contributed by atoms with Gasteiger partial charge >= 0.3 is 0 Å². The summed E-state index contributed by atoms with van der Waals surface area (Å²) in [6.07, 6.45) is 1.96. The Balaban J connectivity index is 2.52. The van der Waals surface area contributed by atoms with Crippen molar-refractivity contribution in [2.45, 2.75) is 12.5 Å². The summed E-state index contributed by atoms with van der Waals surface area (Å²) < 4.78 is 13.7. The van der Waals surface area contributed by atoms with Crippen LogP contribution >= 0.6 is 0 Å². The minimum absolute atomic E-state index is 0.0625. The van der Waals surface area contributed by atoms with Crippen molar-refractivity contribution < 1.29 is 9.18 Å². The van der Waals surface area contributed by atoms with Crippen LogP contribution in [0.2, 0.25) is 0 Å². The highest BCUT2D eigenvalue weighted by molar-refractivity contribution is 5.70. The van der Waals surface area contributed by atoms with E-state index in [1.54, 1.807) is 12.1 Å². The van der Waals surface area contributed by atoms with Crippen molar-refractivity contribution >= 4 is 6.29 Å². The third-order valence-electron chi connectivity index (χ3n) is 2.92. The summed E-state index contributed by atoms with van der Waals surface area (Å²) in [5, 5.41) is 0. The Morgan fingerprint density at radius 2 is 1.83 bits per heavy atom. The summed E-state index contributed by atoms with van der Waals surface area (Å²) in [5.41, 5.74) is 7.29. The third kappa shape index (κ3) is 2.31. The van der Waals surface area contributed by atoms with Crippen LogP contribution in [-0.4, -0.2) is 6.29 Å². The van der Waals surface area contributed by atoms with Crippen molar-refractivity contribution in [1.82, 2.24) is 0 Å². The van der Waals surface area contributed by atoms with E-state index >= 15 is 0 Å². The highest BCUT2D eigenvalue weighted by atomic mass is 19.1. The molecule has 0 aliphatic heterocycles. The summed E-state index contributed by atoms with van der Waals surface area (Å²) in [7, 11) is 0. The molecule has 0 bridgehead atoms. The first-order chi connectivity index (χ1) is 8.77. The summed E-state index contributed by atoms with van der Waals surface area (Å²) in [5.74, 6) is -0.980. The van der Waals surface area contributed by atoms with Crippen LogP contribution in [0, 0.1) is 5.82 Å². The molecule has 1 atom stereocenters. The lowest BCUT2D eigenvalue weighted by Crippen LogP contribution is -2.10. The topological polar surface area (TPSA) is 43.1 Å². The molecule has 1 radical (unpaired) electrons. The average Bonchev–Trinajstić information content (AvgIpc) is 2.41. The molecule has 0 saturated heterocycles. The molecule has 2 N–H and O–H groups in total. The minimum Gasteiger partial charge on any atom is -0.326 e. The standard InChI is InChI=1S/C15H13FNO/c16-15-8-4-7-12(13(15)9-17)14(10-18)11-5-2-1-3-6-11/h1-8,14H,9,17H2. The molecule has 91 valence electrons. The molecule has 2 nitrogen and oxygen atoms in total. The van der Waals surface area contributed by atoms with Crippen LogP contribution in [0.15, 0.2) is 48.5 Å². The lowest BCUT2D eigenvalue weighted by atomic mass is 9.89. The number of carbonyl (C=O) groups excluding carboxylic acids is 1. The normalized spacial score (nSPS) is 12.1. The van der Waals surface area contributed by atoms with E-state index in [1.165, 1.54) is 6.07 Å². The van der Waals surface area contributed by atoms with Gasteiger partial charge in [-0.15, -0.1) is 0 Å². The second-order valence-corrected chi connectivity index (χ2v) is 3.97. The summed E-state index contributed by atoms with van der Waals surface area (Å²) in [6, 6.07) is 13.8. The quantitative estimate of drug-likeness (QED) is 0.895. The van der Waals surface area contributed by atoms with Gasteiger partial charge in [0, 0.05) is 12.1 Å². The van der Waals surface area contributed by atoms with E-state index in [0.717, 1.165) is 5.56 Å². The molecule has 0 aliphatic rings. The molecule has 0 amide bonds. The second-order valence-electron chi connectivity index (χ2n) is 3.97. The first kappa shape index (κ1) is 12.5. The summed E-state index contributed by atoms with van der Waals surface area (Å²) >= 11 is 0. The number of rotatable bonds is 4. The zero-order valence-electron chi connectivity index (χ0n) is 9.77. The number of hydrogen-bond donors (Lipinski definition) is 1. The molecule has 2 aromatic rings. The fourth-order valence-corrected chi connectivity index (χ4v) is 2.02. The Bertz CT molecular complexity index is 539. The molecule has 0 spiro atoms. The van der Waals surface area contributed by atoms with Gasteiger partial charge in [-0.25, -0.2) is 4.39 Å². The first-order valence-electron chi connectivity index (χ1n) is 5.68. The monoisotopic (exact) mass is 242 g/mol. The molecule has 2 aromatic carbocycles. The van der Waals surface area contributed by atoms with Gasteiger partial charge in [0.2, 0.25) is 6.29 Å². The van der Waals surface area contributed by atoms with E-state index in [4.69, 9.17) is 5.73 Å². The van der Waals surface area contributed by atoms with Crippen molar-refractivity contribution in [3.8, 4) is 0 Å². The van der Waals surface area contributed by atoms with E-state index in [9.17, 15) is 9.18 Å². The molecule has 0 fully saturated rings. The number of halogens is 1. The van der Waals surface area contributed by atoms with Gasteiger partial charge in [-0.3, -0.25) is 4.79 Å². The van der Waals surface area contributed by atoms with E-state index in [-0.39, 0.29) is 12.4 Å². The van der Waals surface area contributed by atoms with Gasteiger partial charge in [0.15, 0.2) is 0 Å². The number of nitrogens with two attached hydrogens (primary N) is 1. The van der Waals surface area contributed by atoms with E-state index < -0.39 is 5.92 Å². The Morgan fingerprint density at radius 3 is 2.44 bits per heavy atom. The molecule has 18 heavy (non-hydrogen) atoms. The van der Waals surface area contributed by atoms with Gasteiger partial charge in [0.1, 0.15) is 5.82 Å². The molecule has 3 heteroatoms. The van der Waals surface area contributed by atoms with Crippen molar-refractivity contribution in [1.29, 1.82) is 0 Å². The molecule has 0 saturated carbocycles. The lowest BCUT2D eigenvalue weighted by Gasteiger charge is -2.15. The zero-order chi connectivity index (χ0) is 13.0. The molecule has 2 rings (SSSR count). The Labute approximate surface area is 105 Å². The van der Waals surface area contributed by atoms with E-state index in [0.29, 0.717) is 11.1 Å². The Kier molecular flexibility index (Phi) is 3.85. The predicted octanol–water partition coefficient (Wildman–Crippen LogP) is 2.53. The van der Waals surface area contributed by atoms with Gasteiger partial charge in [-0.05, 0) is 17.2 Å². The van der Waals surface area contributed by atoms with Crippen LogP contribution in [-0.2, 0) is 11.3 Å². The second kappa shape index (κ2) is 5.56. The maximum Gasteiger partial charge on any atom is 0.211 e. The Morgan fingerprint density at radius 1 is 1.11 bits per heavy atom. The minimum atomic E-state index is -0.597. The van der Waals surface area contributed by atoms with E-state index in [1.807, 2.05) is 36.6 Å². The summed E-state index contributed by atoms with van der Waals surface area (Å²) in [4.78, 5) is 11.2. The van der Waals surface area contributed by atoms with Crippen molar-refractivity contribution in [3.63, 3.8) is 0 Å². The van der Waals surface area contributed by atoms with Gasteiger partial charge in [-0.1, -0.05) is 42.5 Å². The van der Waals surface area contributed by atoms with Crippen LogP contribution in [0.25, 0.3) is 0 Å². The van der Waals surface area contributed by atoms with Gasteiger partial charge in [0.05, 0.1) is 5.92 Å². The smallest absolute Gasteiger partial charge is 0.211 e. The van der Waals surface area contributed by atoms with Crippen LogP contribution in [0.5, 0.6) is 0 Å². The van der Waals surface area contributed by atoms with Gasteiger partial charge in [0.25, 0.3) is 0 Å². The maximum absolute atomic E-state index is 13.7. The van der Waals surface area contributed by atoms with Crippen molar-refractivity contribution in [3.05, 3.63) is 71.0 Å². The van der Waals surface area contributed by atoms with Crippen LogP contribution in [0.1, 0.15) is 22.6 Å². The van der Waals surface area contributed by atoms with Gasteiger partial charge in [-0.2, -0.15) is 0 Å². The Hall–Kier alpha value is -2.00. The van der Waals surface area contributed by atoms with Crippen LogP contribution in [0.4, 0.5) is 4.39 Å². The fraction of sp³-hybridized carbons (Fsp3) is 0.133. The van der Waals surface area contributed by atoms with Crippen molar-refractivity contribution in [2.75, 3.05) is 0 Å². The molecular weight excluding hydrogens is 229 g/mol. The highest BCUT2D eigenvalue weighted by Crippen LogP contribution is 2.26. The van der Waals surface area contributed by atoms with E-state index in [2.05, 4.69) is 0 Å². The third-order valence-corrected chi connectivity index (χ3v) is 2.92. The SMILES string of the molecule is NCc1c(F)cccc1C([C]=O)c1ccccc1. The van der Waals surface area contributed by atoms with Gasteiger partial charge < -0.3 is 5.73 Å². The summed E-state index contributed by atoms with van der Waals surface area (Å²) in [6.45, 7) is 0.0625. The number of benzene rings is 2. The molecule has 0 heterocycles.